The molecule has 6 nitrogen and oxygen atoms in total. The third-order valence-corrected chi connectivity index (χ3v) is 3.22. The van der Waals surface area contributed by atoms with Crippen molar-refractivity contribution in [3.05, 3.63) is 23.2 Å². The summed E-state index contributed by atoms with van der Waals surface area (Å²) in [6, 6.07) is 3.79. The molecule has 0 saturated carbocycles. The first-order valence-corrected chi connectivity index (χ1v) is 7.76. The zero-order valence-corrected chi connectivity index (χ0v) is 12.0. The number of benzene rings is 1. The predicted octanol–water partition coefficient (Wildman–Crippen LogP) is 1.99. The highest BCUT2D eigenvalue weighted by Crippen LogP contribution is 2.26. The summed E-state index contributed by atoms with van der Waals surface area (Å²) in [6.45, 7) is 1.74. The molecular weight excluding hydrogens is 292 g/mol. The van der Waals surface area contributed by atoms with Crippen molar-refractivity contribution in [3.63, 3.8) is 0 Å². The molecule has 0 aromatic heterocycles. The van der Waals surface area contributed by atoms with Crippen LogP contribution in [0.3, 0.4) is 0 Å². The number of hydrogen-bond acceptors (Lipinski definition) is 4. The average molecular weight is 307 g/mol. The van der Waals surface area contributed by atoms with Gasteiger partial charge in [0.05, 0.1) is 17.0 Å². The highest BCUT2D eigenvalue weighted by atomic mass is 35.5. The summed E-state index contributed by atoms with van der Waals surface area (Å²) in [7, 11) is -3.40. The SMILES string of the molecule is CCC(Nc1ccc(NS(C)(=O)=O)c(Cl)c1)C(=O)O. The fourth-order valence-electron chi connectivity index (χ4n) is 1.43. The van der Waals surface area contributed by atoms with Gasteiger partial charge < -0.3 is 10.4 Å². The molecule has 1 unspecified atom stereocenters. The Morgan fingerprint density at radius 2 is 2.11 bits per heavy atom. The Balaban J connectivity index is 2.91. The molecule has 0 fully saturated rings. The number of anilines is 2. The Kier molecular flexibility index (Phi) is 5.02. The Morgan fingerprint density at radius 1 is 1.47 bits per heavy atom. The van der Waals surface area contributed by atoms with E-state index in [0.29, 0.717) is 12.1 Å². The fourth-order valence-corrected chi connectivity index (χ4v) is 2.29. The first-order valence-electron chi connectivity index (χ1n) is 5.49. The number of nitrogens with one attached hydrogen (secondary N) is 2. The van der Waals surface area contributed by atoms with Crippen LogP contribution >= 0.6 is 11.6 Å². The summed E-state index contributed by atoms with van der Waals surface area (Å²) in [5.74, 6) is -0.961. The lowest BCUT2D eigenvalue weighted by atomic mass is 10.2. The lowest BCUT2D eigenvalue weighted by Crippen LogP contribution is -2.28. The molecule has 0 bridgehead atoms. The third kappa shape index (κ3) is 4.96. The van der Waals surface area contributed by atoms with Gasteiger partial charge in [-0.3, -0.25) is 4.72 Å². The van der Waals surface area contributed by atoms with E-state index in [4.69, 9.17) is 16.7 Å². The van der Waals surface area contributed by atoms with Crippen LogP contribution in [-0.4, -0.2) is 31.8 Å². The summed E-state index contributed by atoms with van der Waals surface area (Å²) in [5.41, 5.74) is 0.761. The topological polar surface area (TPSA) is 95.5 Å². The van der Waals surface area contributed by atoms with Gasteiger partial charge in [-0.2, -0.15) is 0 Å². The van der Waals surface area contributed by atoms with E-state index in [1.165, 1.54) is 12.1 Å². The molecule has 1 aromatic carbocycles. The second-order valence-corrected chi connectivity index (χ2v) is 6.17. The van der Waals surface area contributed by atoms with Crippen LogP contribution in [0.1, 0.15) is 13.3 Å². The van der Waals surface area contributed by atoms with Crippen molar-refractivity contribution in [2.24, 2.45) is 0 Å². The first kappa shape index (κ1) is 15.6. The monoisotopic (exact) mass is 306 g/mol. The molecule has 0 amide bonds. The summed E-state index contributed by atoms with van der Waals surface area (Å²) >= 11 is 5.93. The van der Waals surface area contributed by atoms with Gasteiger partial charge in [0.15, 0.2) is 0 Å². The van der Waals surface area contributed by atoms with E-state index in [1.54, 1.807) is 13.0 Å². The van der Waals surface area contributed by atoms with Gasteiger partial charge in [0.2, 0.25) is 10.0 Å². The minimum Gasteiger partial charge on any atom is -0.480 e. The zero-order chi connectivity index (χ0) is 14.6. The van der Waals surface area contributed by atoms with Gasteiger partial charge in [-0.1, -0.05) is 18.5 Å². The quantitative estimate of drug-likeness (QED) is 0.747. The number of carboxylic acids is 1. The molecule has 0 aliphatic heterocycles. The summed E-state index contributed by atoms with van der Waals surface area (Å²) in [6.07, 6.45) is 1.43. The highest BCUT2D eigenvalue weighted by molar-refractivity contribution is 7.92. The maximum absolute atomic E-state index is 11.1. The molecule has 0 heterocycles. The average Bonchev–Trinajstić information content (AvgIpc) is 2.27. The molecule has 0 saturated heterocycles. The molecule has 1 aromatic rings. The van der Waals surface area contributed by atoms with Crippen molar-refractivity contribution in [1.82, 2.24) is 0 Å². The Morgan fingerprint density at radius 3 is 2.53 bits per heavy atom. The number of sulfonamides is 1. The van der Waals surface area contributed by atoms with Crippen molar-refractivity contribution < 1.29 is 18.3 Å². The zero-order valence-electron chi connectivity index (χ0n) is 10.5. The van der Waals surface area contributed by atoms with Crippen LogP contribution in [0.15, 0.2) is 18.2 Å². The van der Waals surface area contributed by atoms with E-state index in [0.717, 1.165) is 6.26 Å². The molecule has 3 N–H and O–H groups in total. The van der Waals surface area contributed by atoms with Crippen LogP contribution in [0.25, 0.3) is 0 Å². The van der Waals surface area contributed by atoms with E-state index in [-0.39, 0.29) is 10.7 Å². The number of halogens is 1. The highest BCUT2D eigenvalue weighted by Gasteiger charge is 2.15. The smallest absolute Gasteiger partial charge is 0.326 e. The van der Waals surface area contributed by atoms with Crippen molar-refractivity contribution in [2.75, 3.05) is 16.3 Å². The molecule has 1 atom stereocenters. The molecule has 0 spiro atoms. The number of hydrogen-bond donors (Lipinski definition) is 3. The van der Waals surface area contributed by atoms with Crippen molar-refractivity contribution in [2.45, 2.75) is 19.4 Å². The second-order valence-electron chi connectivity index (χ2n) is 4.01. The van der Waals surface area contributed by atoms with Gasteiger partial charge in [-0.25, -0.2) is 13.2 Å². The Labute approximate surface area is 116 Å². The molecule has 8 heteroatoms. The molecule has 0 radical (unpaired) electrons. The third-order valence-electron chi connectivity index (χ3n) is 2.31. The van der Waals surface area contributed by atoms with Crippen LogP contribution < -0.4 is 10.0 Å². The van der Waals surface area contributed by atoms with Gasteiger partial charge in [0.25, 0.3) is 0 Å². The maximum atomic E-state index is 11.1. The molecule has 106 valence electrons. The van der Waals surface area contributed by atoms with Gasteiger partial charge >= 0.3 is 5.97 Å². The second kappa shape index (κ2) is 6.12. The van der Waals surface area contributed by atoms with E-state index in [9.17, 15) is 13.2 Å². The Hall–Kier alpha value is -1.47. The standard InChI is InChI=1S/C11H15ClN2O4S/c1-3-9(11(15)16)13-7-4-5-10(8(12)6-7)14-19(2,17)18/h4-6,9,13-14H,3H2,1-2H3,(H,15,16). The lowest BCUT2D eigenvalue weighted by molar-refractivity contribution is -0.137. The van der Waals surface area contributed by atoms with Gasteiger partial charge in [0.1, 0.15) is 6.04 Å². The number of carbonyl (C=O) groups is 1. The molecular formula is C11H15ClN2O4S. The fraction of sp³-hybridized carbons (Fsp3) is 0.364. The summed E-state index contributed by atoms with van der Waals surface area (Å²) in [5, 5.41) is 11.9. The van der Waals surface area contributed by atoms with Crippen LogP contribution in [0.2, 0.25) is 5.02 Å². The molecule has 0 aliphatic rings. The normalized spacial score (nSPS) is 12.8. The van der Waals surface area contributed by atoms with E-state index < -0.39 is 22.0 Å². The van der Waals surface area contributed by atoms with Crippen molar-refractivity contribution in [1.29, 1.82) is 0 Å². The van der Waals surface area contributed by atoms with Crippen LogP contribution in [0.5, 0.6) is 0 Å². The maximum Gasteiger partial charge on any atom is 0.326 e. The van der Waals surface area contributed by atoms with Gasteiger partial charge in [-0.15, -0.1) is 0 Å². The van der Waals surface area contributed by atoms with Gasteiger partial charge in [0, 0.05) is 5.69 Å². The van der Waals surface area contributed by atoms with Crippen molar-refractivity contribution in [3.8, 4) is 0 Å². The number of rotatable bonds is 6. The first-order chi connectivity index (χ1) is 8.73. The van der Waals surface area contributed by atoms with Crippen molar-refractivity contribution >= 4 is 39.0 Å². The minimum absolute atomic E-state index is 0.190. The number of aliphatic carboxylic acids is 1. The van der Waals surface area contributed by atoms with E-state index >= 15 is 0 Å². The summed E-state index contributed by atoms with van der Waals surface area (Å²) < 4.78 is 24.4. The van der Waals surface area contributed by atoms with Crippen LogP contribution in [-0.2, 0) is 14.8 Å². The Bertz CT molecular complexity index is 574. The molecule has 1 rings (SSSR count). The minimum atomic E-state index is -3.40. The van der Waals surface area contributed by atoms with E-state index in [2.05, 4.69) is 10.0 Å². The number of carboxylic acid groups (broad SMARTS) is 1. The summed E-state index contributed by atoms with van der Waals surface area (Å²) in [4.78, 5) is 10.9. The molecule has 0 aliphatic carbocycles. The van der Waals surface area contributed by atoms with Gasteiger partial charge in [-0.05, 0) is 24.6 Å². The van der Waals surface area contributed by atoms with E-state index in [1.807, 2.05) is 0 Å². The largest absolute Gasteiger partial charge is 0.480 e. The lowest BCUT2D eigenvalue weighted by Gasteiger charge is -2.15. The molecule has 19 heavy (non-hydrogen) atoms. The van der Waals surface area contributed by atoms with Crippen LogP contribution in [0.4, 0.5) is 11.4 Å². The van der Waals surface area contributed by atoms with Crippen LogP contribution in [0, 0.1) is 0 Å². The predicted molar refractivity (Wildman–Crippen MR) is 75.3 cm³/mol.